The standard InChI is InChI=1S/C15H23N3O/c1-11-9-14(16)7-8-18(11)10-13-3-5-15(6-4-13)17-12(2)19/h3-6,11,14H,7-10,16H2,1-2H3,(H,17,19). The van der Waals surface area contributed by atoms with E-state index in [9.17, 15) is 4.79 Å². The fourth-order valence-electron chi connectivity index (χ4n) is 2.62. The molecule has 0 bridgehead atoms. The molecule has 1 fully saturated rings. The number of anilines is 1. The Morgan fingerprint density at radius 2 is 2.11 bits per heavy atom. The fraction of sp³-hybridized carbons (Fsp3) is 0.533. The van der Waals surface area contributed by atoms with Crippen LogP contribution in [0.2, 0.25) is 0 Å². The van der Waals surface area contributed by atoms with Crippen molar-refractivity contribution in [1.29, 1.82) is 0 Å². The van der Waals surface area contributed by atoms with Gasteiger partial charge in [-0.2, -0.15) is 0 Å². The van der Waals surface area contributed by atoms with Gasteiger partial charge in [-0.1, -0.05) is 12.1 Å². The number of hydrogen-bond acceptors (Lipinski definition) is 3. The van der Waals surface area contributed by atoms with E-state index in [-0.39, 0.29) is 5.91 Å². The first-order chi connectivity index (χ1) is 9.04. The molecule has 1 heterocycles. The van der Waals surface area contributed by atoms with Gasteiger partial charge in [0.1, 0.15) is 0 Å². The van der Waals surface area contributed by atoms with E-state index in [0.717, 1.165) is 31.6 Å². The van der Waals surface area contributed by atoms with Gasteiger partial charge in [0, 0.05) is 37.8 Å². The highest BCUT2D eigenvalue weighted by Gasteiger charge is 2.22. The molecule has 3 N–H and O–H groups in total. The maximum absolute atomic E-state index is 11.0. The predicted octanol–water partition coefficient (Wildman–Crippen LogP) is 1.96. The van der Waals surface area contributed by atoms with Gasteiger partial charge in [-0.05, 0) is 37.5 Å². The van der Waals surface area contributed by atoms with Crippen molar-refractivity contribution in [2.24, 2.45) is 5.73 Å². The molecule has 1 aliphatic rings. The Kier molecular flexibility index (Phi) is 4.56. The molecule has 1 aromatic carbocycles. The zero-order valence-corrected chi connectivity index (χ0v) is 11.7. The van der Waals surface area contributed by atoms with Gasteiger partial charge in [0.05, 0.1) is 0 Å². The van der Waals surface area contributed by atoms with Crippen LogP contribution in [0.3, 0.4) is 0 Å². The summed E-state index contributed by atoms with van der Waals surface area (Å²) >= 11 is 0. The van der Waals surface area contributed by atoms with Crippen LogP contribution in [0, 0.1) is 0 Å². The average molecular weight is 261 g/mol. The molecule has 1 aromatic rings. The summed E-state index contributed by atoms with van der Waals surface area (Å²) in [5.41, 5.74) is 8.11. The molecular weight excluding hydrogens is 238 g/mol. The monoisotopic (exact) mass is 261 g/mol. The summed E-state index contributed by atoms with van der Waals surface area (Å²) in [7, 11) is 0. The third-order valence-electron chi connectivity index (χ3n) is 3.71. The lowest BCUT2D eigenvalue weighted by Gasteiger charge is -2.36. The molecule has 0 spiro atoms. The topological polar surface area (TPSA) is 58.4 Å². The van der Waals surface area contributed by atoms with Gasteiger partial charge in [-0.15, -0.1) is 0 Å². The van der Waals surface area contributed by atoms with Crippen molar-refractivity contribution >= 4 is 11.6 Å². The number of amides is 1. The van der Waals surface area contributed by atoms with Crippen LogP contribution >= 0.6 is 0 Å². The van der Waals surface area contributed by atoms with Crippen LogP contribution in [-0.4, -0.2) is 29.4 Å². The largest absolute Gasteiger partial charge is 0.328 e. The lowest BCUT2D eigenvalue weighted by molar-refractivity contribution is -0.114. The Bertz CT molecular complexity index is 430. The maximum Gasteiger partial charge on any atom is 0.221 e. The minimum absolute atomic E-state index is 0.0357. The zero-order chi connectivity index (χ0) is 13.8. The summed E-state index contributed by atoms with van der Waals surface area (Å²) in [5, 5.41) is 2.78. The second-order valence-electron chi connectivity index (χ2n) is 5.48. The van der Waals surface area contributed by atoms with Gasteiger partial charge >= 0.3 is 0 Å². The Labute approximate surface area is 115 Å². The van der Waals surface area contributed by atoms with Crippen LogP contribution < -0.4 is 11.1 Å². The number of benzene rings is 1. The molecule has 104 valence electrons. The second-order valence-corrected chi connectivity index (χ2v) is 5.48. The van der Waals surface area contributed by atoms with E-state index < -0.39 is 0 Å². The minimum atomic E-state index is -0.0357. The summed E-state index contributed by atoms with van der Waals surface area (Å²) in [4.78, 5) is 13.4. The Morgan fingerprint density at radius 3 is 2.68 bits per heavy atom. The van der Waals surface area contributed by atoms with E-state index in [0.29, 0.717) is 12.1 Å². The summed E-state index contributed by atoms with van der Waals surface area (Å²) < 4.78 is 0. The highest BCUT2D eigenvalue weighted by Crippen LogP contribution is 2.19. The third kappa shape index (κ3) is 4.04. The van der Waals surface area contributed by atoms with Crippen LogP contribution in [0.5, 0.6) is 0 Å². The molecule has 2 atom stereocenters. The van der Waals surface area contributed by atoms with Crippen molar-refractivity contribution in [2.75, 3.05) is 11.9 Å². The van der Waals surface area contributed by atoms with Gasteiger partial charge in [-0.25, -0.2) is 0 Å². The number of carbonyl (C=O) groups is 1. The van der Waals surface area contributed by atoms with Gasteiger partial charge in [0.2, 0.25) is 5.91 Å². The van der Waals surface area contributed by atoms with Crippen molar-refractivity contribution in [3.8, 4) is 0 Å². The van der Waals surface area contributed by atoms with E-state index in [1.165, 1.54) is 12.5 Å². The molecule has 2 unspecified atom stereocenters. The van der Waals surface area contributed by atoms with Gasteiger partial charge in [-0.3, -0.25) is 9.69 Å². The number of hydrogen-bond donors (Lipinski definition) is 2. The fourth-order valence-corrected chi connectivity index (χ4v) is 2.62. The molecule has 1 saturated heterocycles. The Balaban J connectivity index is 1.94. The van der Waals surface area contributed by atoms with Crippen LogP contribution in [0.4, 0.5) is 5.69 Å². The lowest BCUT2D eigenvalue weighted by atomic mass is 9.98. The number of nitrogens with two attached hydrogens (primary N) is 1. The Morgan fingerprint density at radius 1 is 1.42 bits per heavy atom. The highest BCUT2D eigenvalue weighted by atomic mass is 16.1. The van der Waals surface area contributed by atoms with Crippen LogP contribution in [0.25, 0.3) is 0 Å². The van der Waals surface area contributed by atoms with Crippen molar-refractivity contribution in [3.05, 3.63) is 29.8 Å². The van der Waals surface area contributed by atoms with Crippen LogP contribution in [-0.2, 0) is 11.3 Å². The van der Waals surface area contributed by atoms with E-state index >= 15 is 0 Å². The van der Waals surface area contributed by atoms with Crippen molar-refractivity contribution in [1.82, 2.24) is 4.90 Å². The van der Waals surface area contributed by atoms with Crippen LogP contribution in [0.15, 0.2) is 24.3 Å². The lowest BCUT2D eigenvalue weighted by Crippen LogP contribution is -2.44. The third-order valence-corrected chi connectivity index (χ3v) is 3.71. The molecule has 0 aliphatic carbocycles. The smallest absolute Gasteiger partial charge is 0.221 e. The number of likely N-dealkylation sites (tertiary alicyclic amines) is 1. The number of nitrogens with zero attached hydrogens (tertiary/aromatic N) is 1. The molecule has 0 aromatic heterocycles. The average Bonchev–Trinajstić information content (AvgIpc) is 2.34. The molecule has 4 heteroatoms. The Hall–Kier alpha value is -1.39. The SMILES string of the molecule is CC(=O)Nc1ccc(CN2CCC(N)CC2C)cc1. The molecule has 19 heavy (non-hydrogen) atoms. The minimum Gasteiger partial charge on any atom is -0.328 e. The number of carbonyl (C=O) groups excluding carboxylic acids is 1. The number of piperidine rings is 1. The maximum atomic E-state index is 11.0. The van der Waals surface area contributed by atoms with E-state index in [1.807, 2.05) is 12.1 Å². The van der Waals surface area contributed by atoms with E-state index in [4.69, 9.17) is 5.73 Å². The van der Waals surface area contributed by atoms with Crippen molar-refractivity contribution in [2.45, 2.75) is 45.3 Å². The second kappa shape index (κ2) is 6.17. The molecule has 1 aliphatic heterocycles. The highest BCUT2D eigenvalue weighted by molar-refractivity contribution is 5.88. The van der Waals surface area contributed by atoms with Crippen molar-refractivity contribution < 1.29 is 4.79 Å². The van der Waals surface area contributed by atoms with E-state index in [2.05, 4.69) is 29.3 Å². The molecular formula is C15H23N3O. The summed E-state index contributed by atoms with van der Waals surface area (Å²) in [5.74, 6) is -0.0357. The molecule has 0 saturated carbocycles. The van der Waals surface area contributed by atoms with Gasteiger partial charge in [0.25, 0.3) is 0 Å². The van der Waals surface area contributed by atoms with Crippen molar-refractivity contribution in [3.63, 3.8) is 0 Å². The van der Waals surface area contributed by atoms with Crippen LogP contribution in [0.1, 0.15) is 32.3 Å². The zero-order valence-electron chi connectivity index (χ0n) is 11.7. The summed E-state index contributed by atoms with van der Waals surface area (Å²) in [6.07, 6.45) is 2.15. The number of nitrogens with one attached hydrogen (secondary N) is 1. The first kappa shape index (κ1) is 14.0. The first-order valence-corrected chi connectivity index (χ1v) is 6.91. The van der Waals surface area contributed by atoms with Gasteiger partial charge in [0.15, 0.2) is 0 Å². The first-order valence-electron chi connectivity index (χ1n) is 6.91. The van der Waals surface area contributed by atoms with Gasteiger partial charge < -0.3 is 11.1 Å². The van der Waals surface area contributed by atoms with E-state index in [1.54, 1.807) is 0 Å². The molecule has 0 radical (unpaired) electrons. The normalized spacial score (nSPS) is 24.2. The predicted molar refractivity (Wildman–Crippen MR) is 77.8 cm³/mol. The summed E-state index contributed by atoms with van der Waals surface area (Å²) in [6.45, 7) is 5.78. The number of rotatable bonds is 3. The molecule has 2 rings (SSSR count). The molecule has 4 nitrogen and oxygen atoms in total. The summed E-state index contributed by atoms with van der Waals surface area (Å²) in [6, 6.07) is 8.96. The quantitative estimate of drug-likeness (QED) is 0.874. The molecule has 1 amide bonds.